The van der Waals surface area contributed by atoms with Crippen molar-refractivity contribution in [3.63, 3.8) is 0 Å². The highest BCUT2D eigenvalue weighted by Crippen LogP contribution is 2.08. The second-order valence-electron chi connectivity index (χ2n) is 2.39. The zero-order chi connectivity index (χ0) is 10.4. The van der Waals surface area contributed by atoms with E-state index >= 15 is 0 Å². The molecule has 0 amide bonds. The Kier molecular flexibility index (Phi) is 3.50. The molecule has 0 aliphatic rings. The van der Waals surface area contributed by atoms with E-state index in [0.29, 0.717) is 11.4 Å². The van der Waals surface area contributed by atoms with E-state index in [1.54, 1.807) is 12.1 Å². The Labute approximate surface area is 81.9 Å². The Balaban J connectivity index is 2.53. The van der Waals surface area contributed by atoms with Crippen molar-refractivity contribution in [2.45, 2.75) is 0 Å². The monoisotopic (exact) mass is 191 g/mol. The third-order valence-electron chi connectivity index (χ3n) is 1.47. The number of hydrogen-bond acceptors (Lipinski definition) is 4. The van der Waals surface area contributed by atoms with Crippen molar-refractivity contribution in [1.29, 1.82) is 0 Å². The van der Waals surface area contributed by atoms with Crippen LogP contribution in [0.1, 0.15) is 5.69 Å². The molecule has 1 aromatic rings. The summed E-state index contributed by atoms with van der Waals surface area (Å²) in [6, 6.07) is 3.28. The van der Waals surface area contributed by atoms with Crippen LogP contribution in [0.2, 0.25) is 0 Å². The first-order valence-electron chi connectivity index (χ1n) is 3.88. The number of terminal acetylenes is 1. The molecule has 1 rings (SSSR count). The number of aromatic nitrogens is 1. The number of pyridine rings is 1. The van der Waals surface area contributed by atoms with Crippen LogP contribution in [0.4, 0.5) is 0 Å². The Bertz CT molecular complexity index is 351. The van der Waals surface area contributed by atoms with Crippen LogP contribution in [0.3, 0.4) is 0 Å². The molecule has 0 fully saturated rings. The number of rotatable bonds is 3. The third-order valence-corrected chi connectivity index (χ3v) is 1.47. The average Bonchev–Trinajstić information content (AvgIpc) is 2.26. The summed E-state index contributed by atoms with van der Waals surface area (Å²) in [5, 5.41) is 0. The first-order valence-corrected chi connectivity index (χ1v) is 3.88. The minimum atomic E-state index is -0.439. The van der Waals surface area contributed by atoms with E-state index in [2.05, 4.69) is 15.6 Å². The van der Waals surface area contributed by atoms with Gasteiger partial charge in [0.1, 0.15) is 11.4 Å². The number of esters is 1. The molecule has 4 heteroatoms. The fourth-order valence-corrected chi connectivity index (χ4v) is 0.752. The number of methoxy groups -OCH3 is 1. The highest BCUT2D eigenvalue weighted by Gasteiger charge is 2.01. The van der Waals surface area contributed by atoms with Crippen LogP contribution in [-0.4, -0.2) is 24.7 Å². The zero-order valence-corrected chi connectivity index (χ0v) is 7.69. The molecule has 0 N–H and O–H groups in total. The summed E-state index contributed by atoms with van der Waals surface area (Å²) in [6.45, 7) is -0.131. The van der Waals surface area contributed by atoms with Crippen LogP contribution < -0.4 is 4.74 Å². The van der Waals surface area contributed by atoms with Gasteiger partial charge in [-0.3, -0.25) is 0 Å². The van der Waals surface area contributed by atoms with Crippen LogP contribution in [0.15, 0.2) is 18.3 Å². The van der Waals surface area contributed by atoms with Gasteiger partial charge >= 0.3 is 5.97 Å². The number of nitrogens with zero attached hydrogens (tertiary/aromatic N) is 1. The van der Waals surface area contributed by atoms with E-state index < -0.39 is 5.97 Å². The zero-order valence-electron chi connectivity index (χ0n) is 7.69. The van der Waals surface area contributed by atoms with E-state index in [0.717, 1.165) is 0 Å². The summed E-state index contributed by atoms with van der Waals surface area (Å²) >= 11 is 0. The average molecular weight is 191 g/mol. The number of ether oxygens (including phenoxy) is 2. The van der Waals surface area contributed by atoms with Gasteiger partial charge in [-0.2, -0.15) is 0 Å². The molecule has 0 spiro atoms. The maximum absolute atomic E-state index is 10.7. The molecule has 4 nitrogen and oxygen atoms in total. The fraction of sp³-hybridized carbons (Fsp3) is 0.200. The van der Waals surface area contributed by atoms with Gasteiger partial charge in [0, 0.05) is 0 Å². The van der Waals surface area contributed by atoms with Gasteiger partial charge in [0.15, 0.2) is 6.61 Å². The number of carbonyl (C=O) groups excluding carboxylic acids is 1. The Morgan fingerprint density at radius 2 is 2.43 bits per heavy atom. The second-order valence-corrected chi connectivity index (χ2v) is 2.39. The molecule has 1 aromatic heterocycles. The Hall–Kier alpha value is -2.02. The first kappa shape index (κ1) is 10.1. The van der Waals surface area contributed by atoms with Crippen molar-refractivity contribution < 1.29 is 14.3 Å². The summed E-state index contributed by atoms with van der Waals surface area (Å²) in [5.41, 5.74) is 0.524. The van der Waals surface area contributed by atoms with Gasteiger partial charge < -0.3 is 9.47 Å². The molecule has 0 aliphatic carbocycles. The van der Waals surface area contributed by atoms with Gasteiger partial charge in [-0.15, -0.1) is 6.42 Å². The maximum Gasteiger partial charge on any atom is 0.343 e. The van der Waals surface area contributed by atoms with Crippen molar-refractivity contribution in [1.82, 2.24) is 4.98 Å². The summed E-state index contributed by atoms with van der Waals surface area (Å²) in [7, 11) is 1.30. The van der Waals surface area contributed by atoms with Crippen molar-refractivity contribution >= 4 is 5.97 Å². The Morgan fingerprint density at radius 3 is 2.93 bits per heavy atom. The molecular weight excluding hydrogens is 182 g/mol. The predicted molar refractivity (Wildman–Crippen MR) is 49.7 cm³/mol. The van der Waals surface area contributed by atoms with Gasteiger partial charge in [-0.1, -0.05) is 5.92 Å². The SMILES string of the molecule is C#Cc1ccc(OCC(=O)OC)cn1. The van der Waals surface area contributed by atoms with Crippen LogP contribution in [0, 0.1) is 12.3 Å². The smallest absolute Gasteiger partial charge is 0.343 e. The molecule has 72 valence electrons. The molecule has 0 saturated carbocycles. The molecule has 0 saturated heterocycles. The number of hydrogen-bond donors (Lipinski definition) is 0. The topological polar surface area (TPSA) is 48.4 Å². The van der Waals surface area contributed by atoms with E-state index in [-0.39, 0.29) is 6.61 Å². The van der Waals surface area contributed by atoms with Gasteiger partial charge in [-0.05, 0) is 12.1 Å². The standard InChI is InChI=1S/C10H9NO3/c1-3-8-4-5-9(6-11-8)14-7-10(12)13-2/h1,4-6H,7H2,2H3. The van der Waals surface area contributed by atoms with Crippen LogP contribution in [0.5, 0.6) is 5.75 Å². The molecular formula is C10H9NO3. The molecule has 14 heavy (non-hydrogen) atoms. The first-order chi connectivity index (χ1) is 6.76. The molecule has 0 radical (unpaired) electrons. The molecule has 1 heterocycles. The molecule has 0 unspecified atom stereocenters. The molecule has 0 aromatic carbocycles. The lowest BCUT2D eigenvalue weighted by atomic mass is 10.3. The van der Waals surface area contributed by atoms with Crippen LogP contribution in [0.25, 0.3) is 0 Å². The van der Waals surface area contributed by atoms with Crippen molar-refractivity contribution in [3.8, 4) is 18.1 Å². The molecule has 0 aliphatic heterocycles. The minimum absolute atomic E-state index is 0.131. The van der Waals surface area contributed by atoms with Gasteiger partial charge in [0.25, 0.3) is 0 Å². The maximum atomic E-state index is 10.7. The summed E-state index contributed by atoms with van der Waals surface area (Å²) in [5.74, 6) is 2.41. The normalized spacial score (nSPS) is 8.86. The van der Waals surface area contributed by atoms with Crippen molar-refractivity contribution in [3.05, 3.63) is 24.0 Å². The lowest BCUT2D eigenvalue weighted by Gasteiger charge is -2.03. The molecule has 0 atom stereocenters. The minimum Gasteiger partial charge on any atom is -0.480 e. The highest BCUT2D eigenvalue weighted by molar-refractivity contribution is 5.70. The largest absolute Gasteiger partial charge is 0.480 e. The predicted octanol–water partition coefficient (Wildman–Crippen LogP) is 0.615. The summed E-state index contributed by atoms with van der Waals surface area (Å²) < 4.78 is 9.45. The van der Waals surface area contributed by atoms with E-state index in [1.165, 1.54) is 13.3 Å². The van der Waals surface area contributed by atoms with E-state index in [9.17, 15) is 4.79 Å². The van der Waals surface area contributed by atoms with Gasteiger partial charge in [0.2, 0.25) is 0 Å². The lowest BCUT2D eigenvalue weighted by molar-refractivity contribution is -0.142. The third kappa shape index (κ3) is 2.79. The second kappa shape index (κ2) is 4.87. The number of carbonyl (C=O) groups is 1. The van der Waals surface area contributed by atoms with Crippen molar-refractivity contribution in [2.75, 3.05) is 13.7 Å². The van der Waals surface area contributed by atoms with Crippen molar-refractivity contribution in [2.24, 2.45) is 0 Å². The highest BCUT2D eigenvalue weighted by atomic mass is 16.6. The van der Waals surface area contributed by atoms with E-state index in [4.69, 9.17) is 11.2 Å². The fourth-order valence-electron chi connectivity index (χ4n) is 0.752. The quantitative estimate of drug-likeness (QED) is 0.519. The van der Waals surface area contributed by atoms with Gasteiger partial charge in [-0.25, -0.2) is 9.78 Å². The molecule has 0 bridgehead atoms. The van der Waals surface area contributed by atoms with E-state index in [1.807, 2.05) is 0 Å². The van der Waals surface area contributed by atoms with Crippen LogP contribution in [-0.2, 0) is 9.53 Å². The van der Waals surface area contributed by atoms with Gasteiger partial charge in [0.05, 0.1) is 13.3 Å². The summed E-state index contributed by atoms with van der Waals surface area (Å²) in [4.78, 5) is 14.6. The lowest BCUT2D eigenvalue weighted by Crippen LogP contribution is -2.12. The summed E-state index contributed by atoms with van der Waals surface area (Å²) in [6.07, 6.45) is 6.57. The Morgan fingerprint density at radius 1 is 1.64 bits per heavy atom. The van der Waals surface area contributed by atoms with Crippen LogP contribution >= 0.6 is 0 Å².